The first-order valence-corrected chi connectivity index (χ1v) is 11.1. The molecule has 0 spiro atoms. The molecule has 4 aliphatic rings. The molecule has 2 aliphatic carbocycles. The van der Waals surface area contributed by atoms with Crippen LogP contribution in [0.3, 0.4) is 0 Å². The van der Waals surface area contributed by atoms with Crippen LogP contribution in [0.5, 0.6) is 0 Å². The summed E-state index contributed by atoms with van der Waals surface area (Å²) in [6.45, 7) is 2.74. The van der Waals surface area contributed by atoms with Crippen LogP contribution in [0.1, 0.15) is 57.8 Å². The third kappa shape index (κ3) is 4.85. The largest absolute Gasteiger partial charge is 0.370 e. The van der Waals surface area contributed by atoms with Crippen LogP contribution in [0.25, 0.3) is 0 Å². The van der Waals surface area contributed by atoms with Crippen LogP contribution >= 0.6 is 0 Å². The van der Waals surface area contributed by atoms with Crippen LogP contribution in [0.4, 0.5) is 0 Å². The van der Waals surface area contributed by atoms with Crippen molar-refractivity contribution in [3.8, 4) is 0 Å². The topological polar surface area (TPSA) is 95.7 Å². The number of hydrogen-bond donors (Lipinski definition) is 2. The molecule has 0 bridgehead atoms. The van der Waals surface area contributed by atoms with E-state index in [1.807, 2.05) is 9.80 Å². The van der Waals surface area contributed by atoms with Gasteiger partial charge in [-0.2, -0.15) is 0 Å². The maximum atomic E-state index is 13.4. The van der Waals surface area contributed by atoms with Gasteiger partial charge in [0.2, 0.25) is 17.7 Å². The van der Waals surface area contributed by atoms with Gasteiger partial charge >= 0.3 is 0 Å². The minimum atomic E-state index is -0.309. The highest BCUT2D eigenvalue weighted by atomic mass is 16.2. The third-order valence-electron chi connectivity index (χ3n) is 6.92. The molecule has 0 aromatic carbocycles. The van der Waals surface area contributed by atoms with E-state index in [4.69, 9.17) is 5.73 Å². The van der Waals surface area contributed by atoms with Crippen LogP contribution in [0.15, 0.2) is 0 Å². The maximum absolute atomic E-state index is 13.4. The predicted octanol–water partition coefficient (Wildman–Crippen LogP) is 0.870. The zero-order chi connectivity index (χ0) is 19.7. The average molecular weight is 391 g/mol. The Morgan fingerprint density at radius 1 is 1.00 bits per heavy atom. The van der Waals surface area contributed by atoms with E-state index in [9.17, 15) is 14.4 Å². The summed E-state index contributed by atoms with van der Waals surface area (Å²) in [5.41, 5.74) is 5.32. The number of hydrogen-bond acceptors (Lipinski definition) is 4. The fraction of sp³-hybridized carbons (Fsp3) is 0.857. The number of amides is 3. The molecular formula is C21H34N4O3. The second-order valence-electron chi connectivity index (χ2n) is 9.35. The second kappa shape index (κ2) is 8.39. The van der Waals surface area contributed by atoms with Gasteiger partial charge in [0, 0.05) is 32.6 Å². The van der Waals surface area contributed by atoms with Gasteiger partial charge in [-0.3, -0.25) is 14.4 Å². The number of rotatable bonds is 8. The highest BCUT2D eigenvalue weighted by molar-refractivity contribution is 5.90. The summed E-state index contributed by atoms with van der Waals surface area (Å²) in [6, 6.07) is -0.423. The van der Waals surface area contributed by atoms with Crippen molar-refractivity contribution in [3.63, 3.8) is 0 Å². The van der Waals surface area contributed by atoms with Crippen LogP contribution < -0.4 is 11.1 Å². The van der Waals surface area contributed by atoms with E-state index in [0.29, 0.717) is 37.9 Å². The minimum absolute atomic E-state index is 0.114. The van der Waals surface area contributed by atoms with Crippen molar-refractivity contribution < 1.29 is 14.4 Å². The molecule has 2 aliphatic heterocycles. The molecule has 2 saturated heterocycles. The number of nitrogens with zero attached hydrogens (tertiary/aromatic N) is 2. The van der Waals surface area contributed by atoms with Crippen molar-refractivity contribution in [1.29, 1.82) is 0 Å². The molecule has 2 heterocycles. The number of likely N-dealkylation sites (tertiary alicyclic amines) is 1. The number of nitrogens with two attached hydrogens (primary N) is 1. The summed E-state index contributed by atoms with van der Waals surface area (Å²) < 4.78 is 0. The van der Waals surface area contributed by atoms with Gasteiger partial charge in [-0.05, 0) is 43.4 Å². The van der Waals surface area contributed by atoms with Gasteiger partial charge in [0.15, 0.2) is 0 Å². The van der Waals surface area contributed by atoms with E-state index in [1.165, 1.54) is 25.7 Å². The summed E-state index contributed by atoms with van der Waals surface area (Å²) in [5.74, 6) is 1.54. The molecule has 1 unspecified atom stereocenters. The summed E-state index contributed by atoms with van der Waals surface area (Å²) >= 11 is 0. The fourth-order valence-corrected chi connectivity index (χ4v) is 4.82. The van der Waals surface area contributed by atoms with E-state index in [1.54, 1.807) is 0 Å². The highest BCUT2D eigenvalue weighted by Crippen LogP contribution is 2.37. The lowest BCUT2D eigenvalue weighted by Crippen LogP contribution is -2.62. The minimum Gasteiger partial charge on any atom is -0.370 e. The van der Waals surface area contributed by atoms with Gasteiger partial charge in [-0.1, -0.05) is 25.7 Å². The number of piperazine rings is 1. The van der Waals surface area contributed by atoms with Crippen molar-refractivity contribution in [1.82, 2.24) is 15.1 Å². The van der Waals surface area contributed by atoms with E-state index in [-0.39, 0.29) is 35.7 Å². The Morgan fingerprint density at radius 3 is 2.29 bits per heavy atom. The van der Waals surface area contributed by atoms with Crippen molar-refractivity contribution in [2.45, 2.75) is 69.9 Å². The molecule has 7 heteroatoms. The standard InChI is InChI=1S/C21H34N4O3/c22-19(26)13-16-5-8-24(9-6-16)21(28)18(12-15-3-4-15)25-10-7-23-17(20(25)27)11-14-1-2-14/h14-18,23H,1-13H2,(H2,22,26)/t17-,18?/m0/s1. The Labute approximate surface area is 167 Å². The first-order valence-electron chi connectivity index (χ1n) is 11.1. The summed E-state index contributed by atoms with van der Waals surface area (Å²) in [4.78, 5) is 41.5. The molecule has 0 aromatic heterocycles. The zero-order valence-electron chi connectivity index (χ0n) is 16.8. The fourth-order valence-electron chi connectivity index (χ4n) is 4.82. The summed E-state index contributed by atoms with van der Waals surface area (Å²) in [5, 5.41) is 3.38. The lowest BCUT2D eigenvalue weighted by atomic mass is 9.92. The normalized spacial score (nSPS) is 27.7. The predicted molar refractivity (Wildman–Crippen MR) is 105 cm³/mol. The summed E-state index contributed by atoms with van der Waals surface area (Å²) in [6.07, 6.45) is 8.60. The van der Waals surface area contributed by atoms with Crippen molar-refractivity contribution in [2.24, 2.45) is 23.5 Å². The van der Waals surface area contributed by atoms with Gasteiger partial charge in [0.25, 0.3) is 0 Å². The average Bonchev–Trinajstić information content (AvgIpc) is 3.58. The summed E-state index contributed by atoms with van der Waals surface area (Å²) in [7, 11) is 0. The lowest BCUT2D eigenvalue weighted by Gasteiger charge is -2.41. The van der Waals surface area contributed by atoms with Crippen molar-refractivity contribution in [2.75, 3.05) is 26.2 Å². The van der Waals surface area contributed by atoms with Crippen LogP contribution in [-0.4, -0.2) is 65.8 Å². The molecule has 7 nitrogen and oxygen atoms in total. The number of nitrogens with one attached hydrogen (secondary N) is 1. The first kappa shape index (κ1) is 19.7. The van der Waals surface area contributed by atoms with Crippen LogP contribution in [-0.2, 0) is 14.4 Å². The quantitative estimate of drug-likeness (QED) is 0.643. The molecule has 3 amide bonds. The monoisotopic (exact) mass is 390 g/mol. The van der Waals surface area contributed by atoms with E-state index in [0.717, 1.165) is 32.2 Å². The molecule has 28 heavy (non-hydrogen) atoms. The second-order valence-corrected chi connectivity index (χ2v) is 9.35. The Kier molecular flexibility index (Phi) is 5.90. The van der Waals surface area contributed by atoms with Gasteiger partial charge in [0.1, 0.15) is 6.04 Å². The molecule has 3 N–H and O–H groups in total. The van der Waals surface area contributed by atoms with E-state index < -0.39 is 0 Å². The number of carbonyl (C=O) groups is 3. The molecule has 2 saturated carbocycles. The molecule has 4 fully saturated rings. The first-order chi connectivity index (χ1) is 13.5. The van der Waals surface area contributed by atoms with Gasteiger partial charge < -0.3 is 20.9 Å². The van der Waals surface area contributed by atoms with Gasteiger partial charge in [-0.15, -0.1) is 0 Å². The number of piperidine rings is 1. The van der Waals surface area contributed by atoms with Crippen LogP contribution in [0.2, 0.25) is 0 Å². The molecule has 0 radical (unpaired) electrons. The van der Waals surface area contributed by atoms with Crippen molar-refractivity contribution >= 4 is 17.7 Å². The molecule has 0 aromatic rings. The Bertz CT molecular complexity index is 609. The Morgan fingerprint density at radius 2 is 1.68 bits per heavy atom. The number of carbonyl (C=O) groups excluding carboxylic acids is 3. The maximum Gasteiger partial charge on any atom is 0.245 e. The van der Waals surface area contributed by atoms with E-state index in [2.05, 4.69) is 5.32 Å². The smallest absolute Gasteiger partial charge is 0.245 e. The molecule has 4 rings (SSSR count). The van der Waals surface area contributed by atoms with Gasteiger partial charge in [-0.25, -0.2) is 0 Å². The zero-order valence-corrected chi connectivity index (χ0v) is 16.8. The number of primary amides is 1. The van der Waals surface area contributed by atoms with Crippen molar-refractivity contribution in [3.05, 3.63) is 0 Å². The van der Waals surface area contributed by atoms with Gasteiger partial charge in [0.05, 0.1) is 6.04 Å². The lowest BCUT2D eigenvalue weighted by molar-refractivity contribution is -0.150. The Hall–Kier alpha value is -1.63. The molecule has 2 atom stereocenters. The highest BCUT2D eigenvalue weighted by Gasteiger charge is 2.42. The van der Waals surface area contributed by atoms with Crippen LogP contribution in [0, 0.1) is 17.8 Å². The third-order valence-corrected chi connectivity index (χ3v) is 6.92. The Balaban J connectivity index is 1.39. The molecule has 156 valence electrons. The SMILES string of the molecule is NC(=O)CC1CCN(C(=O)C(CC2CC2)N2CCN[C@@H](CC3CC3)C2=O)CC1. The molecular weight excluding hydrogens is 356 g/mol. The van der Waals surface area contributed by atoms with E-state index >= 15 is 0 Å².